The van der Waals surface area contributed by atoms with Crippen molar-refractivity contribution in [2.75, 3.05) is 13.1 Å². The van der Waals surface area contributed by atoms with E-state index < -0.39 is 0 Å². The number of nitroso groups, excluding NO2 is 1. The van der Waals surface area contributed by atoms with Crippen molar-refractivity contribution in [3.05, 3.63) is 4.91 Å². The standard InChI is InChI=1S/C17H34N2O2/c1-2-3-4-5-6-7-8-9-10-11-12-14-17(20)18-15-13-16-19-21/h2-16H2,1H3,(H,18,20). The van der Waals surface area contributed by atoms with Crippen LogP contribution in [-0.4, -0.2) is 19.0 Å². The lowest BCUT2D eigenvalue weighted by Gasteiger charge is -2.04. The summed E-state index contributed by atoms with van der Waals surface area (Å²) in [7, 11) is 0. The molecule has 0 spiro atoms. The molecule has 0 radical (unpaired) electrons. The second kappa shape index (κ2) is 17.1. The Labute approximate surface area is 130 Å². The van der Waals surface area contributed by atoms with E-state index in [-0.39, 0.29) is 5.91 Å². The molecule has 21 heavy (non-hydrogen) atoms. The Morgan fingerprint density at radius 2 is 1.33 bits per heavy atom. The van der Waals surface area contributed by atoms with Gasteiger partial charge in [-0.15, -0.1) is 0 Å². The summed E-state index contributed by atoms with van der Waals surface area (Å²) in [5.41, 5.74) is 0. The van der Waals surface area contributed by atoms with Crippen LogP contribution >= 0.6 is 0 Å². The average Bonchev–Trinajstić information content (AvgIpc) is 2.49. The summed E-state index contributed by atoms with van der Waals surface area (Å²) in [6.07, 6.45) is 15.5. The van der Waals surface area contributed by atoms with E-state index in [1.807, 2.05) is 0 Å². The number of unbranched alkanes of at least 4 members (excludes halogenated alkanes) is 10. The predicted octanol–water partition coefficient (Wildman–Crippen LogP) is 4.96. The number of hydrogen-bond acceptors (Lipinski definition) is 3. The fourth-order valence-electron chi connectivity index (χ4n) is 2.41. The number of nitrogens with zero attached hydrogens (tertiary/aromatic N) is 1. The van der Waals surface area contributed by atoms with Gasteiger partial charge in [-0.05, 0) is 12.8 Å². The van der Waals surface area contributed by atoms with Crippen LogP contribution in [-0.2, 0) is 4.79 Å². The normalized spacial score (nSPS) is 10.5. The van der Waals surface area contributed by atoms with E-state index in [9.17, 15) is 9.70 Å². The first-order chi connectivity index (χ1) is 10.3. The molecule has 0 atom stereocenters. The highest BCUT2D eigenvalue weighted by Gasteiger charge is 2.00. The molecule has 0 aromatic rings. The molecule has 0 saturated carbocycles. The van der Waals surface area contributed by atoms with E-state index in [4.69, 9.17) is 0 Å². The summed E-state index contributed by atoms with van der Waals surface area (Å²) in [5.74, 6) is 0.108. The summed E-state index contributed by atoms with van der Waals surface area (Å²) >= 11 is 0. The van der Waals surface area contributed by atoms with Gasteiger partial charge in [0.2, 0.25) is 5.91 Å². The number of nitrogens with one attached hydrogen (secondary N) is 1. The third kappa shape index (κ3) is 17.0. The lowest BCUT2D eigenvalue weighted by molar-refractivity contribution is -0.121. The summed E-state index contributed by atoms with van der Waals surface area (Å²) in [6.45, 7) is 3.12. The molecular formula is C17H34N2O2. The monoisotopic (exact) mass is 298 g/mol. The molecule has 124 valence electrons. The number of carbonyl (C=O) groups is 1. The molecule has 0 rings (SSSR count). The van der Waals surface area contributed by atoms with Crippen LogP contribution in [0.3, 0.4) is 0 Å². The first-order valence-electron chi connectivity index (χ1n) is 8.87. The van der Waals surface area contributed by atoms with Gasteiger partial charge in [0, 0.05) is 13.0 Å². The minimum atomic E-state index is 0.108. The van der Waals surface area contributed by atoms with Crippen molar-refractivity contribution < 1.29 is 4.79 Å². The molecule has 4 nitrogen and oxygen atoms in total. The molecule has 0 aromatic heterocycles. The zero-order valence-electron chi connectivity index (χ0n) is 13.9. The van der Waals surface area contributed by atoms with Gasteiger partial charge >= 0.3 is 0 Å². The van der Waals surface area contributed by atoms with Crippen molar-refractivity contribution in [3.63, 3.8) is 0 Å². The zero-order chi connectivity index (χ0) is 15.6. The van der Waals surface area contributed by atoms with E-state index in [1.165, 1.54) is 57.8 Å². The fraction of sp³-hybridized carbons (Fsp3) is 0.941. The van der Waals surface area contributed by atoms with Crippen LogP contribution in [0.1, 0.15) is 90.4 Å². The third-order valence-corrected chi connectivity index (χ3v) is 3.76. The smallest absolute Gasteiger partial charge is 0.219 e. The second-order valence-electron chi connectivity index (χ2n) is 5.84. The molecule has 0 aliphatic heterocycles. The van der Waals surface area contributed by atoms with Crippen LogP contribution in [0.2, 0.25) is 0 Å². The van der Waals surface area contributed by atoms with Crippen LogP contribution in [0.5, 0.6) is 0 Å². The van der Waals surface area contributed by atoms with Crippen molar-refractivity contribution in [2.45, 2.75) is 90.4 Å². The lowest BCUT2D eigenvalue weighted by Crippen LogP contribution is -2.24. The molecule has 0 heterocycles. The molecule has 0 aliphatic carbocycles. The number of carbonyl (C=O) groups excluding carboxylic acids is 1. The Morgan fingerprint density at radius 1 is 0.810 bits per heavy atom. The maximum atomic E-state index is 11.4. The Hall–Kier alpha value is -0.930. The van der Waals surface area contributed by atoms with Crippen LogP contribution in [0, 0.1) is 4.91 Å². The minimum absolute atomic E-state index is 0.108. The first kappa shape index (κ1) is 20.1. The van der Waals surface area contributed by atoms with E-state index >= 15 is 0 Å². The Balaban J connectivity index is 3.10. The molecule has 1 amide bonds. The lowest BCUT2D eigenvalue weighted by atomic mass is 10.1. The summed E-state index contributed by atoms with van der Waals surface area (Å²) < 4.78 is 0. The summed E-state index contributed by atoms with van der Waals surface area (Å²) in [6, 6.07) is 0. The fourth-order valence-corrected chi connectivity index (χ4v) is 2.41. The molecule has 4 heteroatoms. The zero-order valence-corrected chi connectivity index (χ0v) is 13.9. The quantitative estimate of drug-likeness (QED) is 0.323. The predicted molar refractivity (Wildman–Crippen MR) is 89.4 cm³/mol. The van der Waals surface area contributed by atoms with Gasteiger partial charge in [-0.1, -0.05) is 76.3 Å². The number of amides is 1. The first-order valence-corrected chi connectivity index (χ1v) is 8.87. The Bertz CT molecular complexity index is 245. The van der Waals surface area contributed by atoms with Gasteiger partial charge in [0.1, 0.15) is 0 Å². The van der Waals surface area contributed by atoms with Gasteiger partial charge in [-0.25, -0.2) is 0 Å². The molecular weight excluding hydrogens is 264 g/mol. The van der Waals surface area contributed by atoms with Crippen LogP contribution in [0.25, 0.3) is 0 Å². The van der Waals surface area contributed by atoms with E-state index in [1.54, 1.807) is 0 Å². The largest absolute Gasteiger partial charge is 0.356 e. The molecule has 0 aromatic carbocycles. The van der Waals surface area contributed by atoms with Gasteiger partial charge < -0.3 is 5.32 Å². The maximum Gasteiger partial charge on any atom is 0.219 e. The Morgan fingerprint density at radius 3 is 1.86 bits per heavy atom. The third-order valence-electron chi connectivity index (χ3n) is 3.76. The second-order valence-corrected chi connectivity index (χ2v) is 5.84. The van der Waals surface area contributed by atoms with Gasteiger partial charge in [-0.2, -0.15) is 4.91 Å². The van der Waals surface area contributed by atoms with Crippen molar-refractivity contribution >= 4 is 5.91 Å². The molecule has 0 unspecified atom stereocenters. The van der Waals surface area contributed by atoms with Crippen molar-refractivity contribution in [3.8, 4) is 0 Å². The van der Waals surface area contributed by atoms with Crippen molar-refractivity contribution in [1.82, 2.24) is 5.32 Å². The van der Waals surface area contributed by atoms with Crippen LogP contribution < -0.4 is 5.32 Å². The van der Waals surface area contributed by atoms with Crippen LogP contribution in [0.4, 0.5) is 0 Å². The summed E-state index contributed by atoms with van der Waals surface area (Å²) in [5, 5.41) is 5.58. The molecule has 0 bridgehead atoms. The number of hydrogen-bond donors (Lipinski definition) is 1. The molecule has 0 aliphatic rings. The van der Waals surface area contributed by atoms with Gasteiger partial charge in [0.15, 0.2) is 0 Å². The topological polar surface area (TPSA) is 58.5 Å². The molecule has 0 saturated heterocycles. The SMILES string of the molecule is CCCCCCCCCCCCCC(=O)NCCCN=O. The van der Waals surface area contributed by atoms with E-state index in [0.29, 0.717) is 25.9 Å². The van der Waals surface area contributed by atoms with Crippen molar-refractivity contribution in [2.24, 2.45) is 5.18 Å². The van der Waals surface area contributed by atoms with Crippen LogP contribution in [0.15, 0.2) is 5.18 Å². The average molecular weight is 298 g/mol. The van der Waals surface area contributed by atoms with E-state index in [2.05, 4.69) is 17.4 Å². The van der Waals surface area contributed by atoms with E-state index in [0.717, 1.165) is 12.8 Å². The van der Waals surface area contributed by atoms with Gasteiger partial charge in [0.05, 0.1) is 6.54 Å². The molecule has 0 fully saturated rings. The summed E-state index contributed by atoms with van der Waals surface area (Å²) in [4.78, 5) is 21.3. The highest BCUT2D eigenvalue weighted by Crippen LogP contribution is 2.11. The van der Waals surface area contributed by atoms with Gasteiger partial charge in [-0.3, -0.25) is 4.79 Å². The Kier molecular flexibility index (Phi) is 16.4. The molecule has 1 N–H and O–H groups in total. The minimum Gasteiger partial charge on any atom is -0.356 e. The maximum absolute atomic E-state index is 11.4. The van der Waals surface area contributed by atoms with Crippen molar-refractivity contribution in [1.29, 1.82) is 0 Å². The number of rotatable bonds is 16. The van der Waals surface area contributed by atoms with Gasteiger partial charge in [0.25, 0.3) is 0 Å². The highest BCUT2D eigenvalue weighted by atomic mass is 16.3. The highest BCUT2D eigenvalue weighted by molar-refractivity contribution is 5.75.